The van der Waals surface area contributed by atoms with E-state index in [4.69, 9.17) is 9.52 Å². The maximum Gasteiger partial charge on any atom is 0.270 e. The van der Waals surface area contributed by atoms with E-state index in [0.717, 1.165) is 0 Å². The largest absolute Gasteiger partial charge is 0.513 e. The number of allylic oxidation sites excluding steroid dienone is 1. The first-order valence-corrected chi connectivity index (χ1v) is 5.66. The Morgan fingerprint density at radius 3 is 2.45 bits per heavy atom. The van der Waals surface area contributed by atoms with Crippen molar-refractivity contribution in [2.75, 3.05) is 0 Å². The van der Waals surface area contributed by atoms with E-state index >= 15 is 0 Å². The second-order valence-electron chi connectivity index (χ2n) is 3.69. The second kappa shape index (κ2) is 6.24. The van der Waals surface area contributed by atoms with Crippen LogP contribution >= 0.6 is 0 Å². The summed E-state index contributed by atoms with van der Waals surface area (Å²) in [5, 5.41) is 16.3. The van der Waals surface area contributed by atoms with Crippen LogP contribution in [-0.2, 0) is 4.79 Å². The summed E-state index contributed by atoms with van der Waals surface area (Å²) in [7, 11) is 0. The molecule has 0 radical (unpaired) electrons. The van der Waals surface area contributed by atoms with Crippen molar-refractivity contribution in [3.63, 3.8) is 0 Å². The molecular weight excluding hydrogens is 260 g/mol. The van der Waals surface area contributed by atoms with Gasteiger partial charge in [0.05, 0.1) is 12.0 Å². The van der Waals surface area contributed by atoms with Gasteiger partial charge < -0.3 is 9.52 Å². The molecular formula is C14H10N2O4. The Kier molecular flexibility index (Phi) is 4.18. The molecule has 0 bridgehead atoms. The van der Waals surface area contributed by atoms with Crippen molar-refractivity contribution in [3.8, 4) is 0 Å². The molecule has 1 N–H and O–H groups in total. The maximum absolute atomic E-state index is 11.8. The van der Waals surface area contributed by atoms with Gasteiger partial charge in [0.1, 0.15) is 6.26 Å². The van der Waals surface area contributed by atoms with Gasteiger partial charge in [0.2, 0.25) is 0 Å². The standard InChI is InChI=1S/C14H10N2O4/c17-9-11(16-15-10-5-2-1-3-6-10)13(18)14(19)12-7-4-8-20-12/h1-9,17H/b11-9+,16-15?. The Labute approximate surface area is 114 Å². The average Bonchev–Trinajstić information content (AvgIpc) is 3.02. The fraction of sp³-hybridized carbons (Fsp3) is 0. The minimum atomic E-state index is -0.998. The molecule has 0 saturated heterocycles. The maximum atomic E-state index is 11.8. The van der Waals surface area contributed by atoms with E-state index in [2.05, 4.69) is 10.2 Å². The van der Waals surface area contributed by atoms with E-state index in [1.54, 1.807) is 30.3 Å². The van der Waals surface area contributed by atoms with Gasteiger partial charge in [0, 0.05) is 0 Å². The molecule has 0 saturated carbocycles. The zero-order valence-electron chi connectivity index (χ0n) is 10.3. The highest BCUT2D eigenvalue weighted by molar-refractivity contribution is 6.48. The monoisotopic (exact) mass is 270 g/mol. The fourth-order valence-electron chi connectivity index (χ4n) is 1.37. The lowest BCUT2D eigenvalue weighted by atomic mass is 10.2. The number of ketones is 2. The van der Waals surface area contributed by atoms with Crippen molar-refractivity contribution >= 4 is 17.3 Å². The summed E-state index contributed by atoms with van der Waals surface area (Å²) in [5.74, 6) is -2.02. The molecule has 1 heterocycles. The number of hydrogen-bond donors (Lipinski definition) is 1. The Bertz CT molecular complexity index is 658. The van der Waals surface area contributed by atoms with E-state index in [9.17, 15) is 9.59 Å². The number of nitrogens with zero attached hydrogens (tertiary/aromatic N) is 2. The van der Waals surface area contributed by atoms with E-state index in [-0.39, 0.29) is 5.76 Å². The fourth-order valence-corrected chi connectivity index (χ4v) is 1.37. The molecule has 0 spiro atoms. The van der Waals surface area contributed by atoms with Crippen LogP contribution in [0.3, 0.4) is 0 Å². The first-order chi connectivity index (χ1) is 9.72. The summed E-state index contributed by atoms with van der Waals surface area (Å²) < 4.78 is 4.82. The lowest BCUT2D eigenvalue weighted by Gasteiger charge is -1.96. The first-order valence-electron chi connectivity index (χ1n) is 5.66. The third kappa shape index (κ3) is 3.05. The van der Waals surface area contributed by atoms with Gasteiger partial charge in [-0.1, -0.05) is 18.2 Å². The van der Waals surface area contributed by atoms with Crippen LogP contribution in [0.4, 0.5) is 5.69 Å². The number of benzene rings is 1. The minimum Gasteiger partial charge on any atom is -0.513 e. The Hall–Kier alpha value is -3.02. The van der Waals surface area contributed by atoms with Crippen molar-refractivity contribution in [2.45, 2.75) is 0 Å². The molecule has 0 aliphatic heterocycles. The number of rotatable bonds is 5. The minimum absolute atomic E-state index is 0.121. The van der Waals surface area contributed by atoms with Gasteiger partial charge in [-0.3, -0.25) is 9.59 Å². The van der Waals surface area contributed by atoms with Crippen molar-refractivity contribution in [1.82, 2.24) is 0 Å². The third-order valence-electron chi connectivity index (χ3n) is 2.34. The number of furan rings is 1. The number of aliphatic hydroxyl groups excluding tert-OH is 1. The van der Waals surface area contributed by atoms with Gasteiger partial charge in [0.25, 0.3) is 11.6 Å². The molecule has 6 heteroatoms. The first kappa shape index (κ1) is 13.4. The summed E-state index contributed by atoms with van der Waals surface area (Å²) in [6, 6.07) is 11.4. The van der Waals surface area contributed by atoms with E-state index in [1.165, 1.54) is 18.4 Å². The SMILES string of the molecule is O=C(C(=O)c1ccco1)/C(=C\O)N=Nc1ccccc1. The quantitative estimate of drug-likeness (QED) is 0.297. The summed E-state index contributed by atoms with van der Waals surface area (Å²) in [4.78, 5) is 23.5. The molecule has 0 aliphatic carbocycles. The van der Waals surface area contributed by atoms with Crippen molar-refractivity contribution in [1.29, 1.82) is 0 Å². The number of carbonyl (C=O) groups is 2. The molecule has 0 amide bonds. The van der Waals surface area contributed by atoms with Crippen LogP contribution < -0.4 is 0 Å². The van der Waals surface area contributed by atoms with Crippen LogP contribution in [0.25, 0.3) is 0 Å². The van der Waals surface area contributed by atoms with Crippen LogP contribution in [-0.4, -0.2) is 16.7 Å². The van der Waals surface area contributed by atoms with E-state index in [1.807, 2.05) is 0 Å². The van der Waals surface area contributed by atoms with Gasteiger partial charge in [-0.2, -0.15) is 5.11 Å². The van der Waals surface area contributed by atoms with Crippen LogP contribution in [0.2, 0.25) is 0 Å². The molecule has 6 nitrogen and oxygen atoms in total. The lowest BCUT2D eigenvalue weighted by Crippen LogP contribution is -2.14. The zero-order chi connectivity index (χ0) is 14.4. The predicted octanol–water partition coefficient (Wildman–Crippen LogP) is 3.21. The molecule has 0 fully saturated rings. The van der Waals surface area contributed by atoms with Crippen LogP contribution in [0, 0.1) is 0 Å². The van der Waals surface area contributed by atoms with Crippen LogP contribution in [0.5, 0.6) is 0 Å². The van der Waals surface area contributed by atoms with Crippen LogP contribution in [0.15, 0.2) is 75.3 Å². The predicted molar refractivity (Wildman–Crippen MR) is 69.7 cm³/mol. The molecule has 100 valence electrons. The Balaban J connectivity index is 2.15. The molecule has 2 rings (SSSR count). The summed E-state index contributed by atoms with van der Waals surface area (Å²) in [6.07, 6.45) is 1.71. The molecule has 1 aromatic carbocycles. The molecule has 0 unspecified atom stereocenters. The third-order valence-corrected chi connectivity index (χ3v) is 2.34. The molecule has 1 aromatic heterocycles. The highest BCUT2D eigenvalue weighted by Gasteiger charge is 2.23. The summed E-state index contributed by atoms with van der Waals surface area (Å²) >= 11 is 0. The van der Waals surface area contributed by atoms with Crippen molar-refractivity contribution < 1.29 is 19.1 Å². The molecule has 20 heavy (non-hydrogen) atoms. The van der Waals surface area contributed by atoms with E-state index < -0.39 is 17.3 Å². The molecule has 2 aromatic rings. The Morgan fingerprint density at radius 1 is 1.10 bits per heavy atom. The Morgan fingerprint density at radius 2 is 1.85 bits per heavy atom. The van der Waals surface area contributed by atoms with Gasteiger partial charge in [0.15, 0.2) is 11.5 Å². The van der Waals surface area contributed by atoms with Crippen molar-refractivity contribution in [2.24, 2.45) is 10.2 Å². The zero-order valence-corrected chi connectivity index (χ0v) is 10.3. The second-order valence-corrected chi connectivity index (χ2v) is 3.69. The van der Waals surface area contributed by atoms with Gasteiger partial charge in [-0.15, -0.1) is 5.11 Å². The number of Topliss-reactive ketones (excluding diaryl/α,β-unsaturated/α-hetero) is 2. The number of hydrogen-bond acceptors (Lipinski definition) is 6. The lowest BCUT2D eigenvalue weighted by molar-refractivity contribution is -0.112. The molecule has 0 aliphatic rings. The summed E-state index contributed by atoms with van der Waals surface area (Å²) in [6.45, 7) is 0. The van der Waals surface area contributed by atoms with Gasteiger partial charge in [-0.25, -0.2) is 0 Å². The van der Waals surface area contributed by atoms with Gasteiger partial charge >= 0.3 is 0 Å². The highest BCUT2D eigenvalue weighted by atomic mass is 16.3. The number of aliphatic hydroxyl groups is 1. The van der Waals surface area contributed by atoms with Gasteiger partial charge in [-0.05, 0) is 24.3 Å². The van der Waals surface area contributed by atoms with Crippen molar-refractivity contribution in [3.05, 3.63) is 66.4 Å². The number of carbonyl (C=O) groups excluding carboxylic acids is 2. The highest BCUT2D eigenvalue weighted by Crippen LogP contribution is 2.14. The normalized spacial score (nSPS) is 11.7. The van der Waals surface area contributed by atoms with Crippen LogP contribution in [0.1, 0.15) is 10.6 Å². The smallest absolute Gasteiger partial charge is 0.270 e. The summed E-state index contributed by atoms with van der Waals surface area (Å²) in [5.41, 5.74) is 0.0281. The topological polar surface area (TPSA) is 92.2 Å². The molecule has 0 atom stereocenters. The van der Waals surface area contributed by atoms with E-state index in [0.29, 0.717) is 11.9 Å². The number of azo groups is 1. The average molecular weight is 270 g/mol.